The van der Waals surface area contributed by atoms with Gasteiger partial charge in [-0.3, -0.25) is 10.1 Å². The summed E-state index contributed by atoms with van der Waals surface area (Å²) in [5.74, 6) is 0.489. The molecule has 20 heavy (non-hydrogen) atoms. The number of pyridine rings is 1. The van der Waals surface area contributed by atoms with Gasteiger partial charge in [-0.15, -0.1) is 0 Å². The van der Waals surface area contributed by atoms with Gasteiger partial charge in [0.2, 0.25) is 0 Å². The summed E-state index contributed by atoms with van der Waals surface area (Å²) in [4.78, 5) is 14.1. The minimum Gasteiger partial charge on any atom is -0.487 e. The molecule has 0 aliphatic carbocycles. The first-order valence-corrected chi connectivity index (χ1v) is 7.30. The number of ether oxygens (including phenoxy) is 1. The fourth-order valence-electron chi connectivity index (χ4n) is 1.48. The van der Waals surface area contributed by atoms with Crippen molar-refractivity contribution < 1.29 is 9.66 Å². The summed E-state index contributed by atoms with van der Waals surface area (Å²) in [5.41, 5.74) is 0.824. The Kier molecular flexibility index (Phi) is 4.95. The number of nitro groups is 1. The normalized spacial score (nSPS) is 10.3. The number of rotatable bonds is 4. The number of hydrogen-bond acceptors (Lipinski definition) is 4. The Labute approximate surface area is 136 Å². The van der Waals surface area contributed by atoms with Crippen molar-refractivity contribution in [2.45, 2.75) is 6.61 Å². The molecular weight excluding hydrogens is 415 g/mol. The zero-order valence-electron chi connectivity index (χ0n) is 9.85. The van der Waals surface area contributed by atoms with E-state index in [1.807, 2.05) is 0 Å². The molecule has 0 amide bonds. The highest BCUT2D eigenvalue weighted by atomic mass is 79.9. The maximum absolute atomic E-state index is 10.7. The molecule has 0 saturated carbocycles. The second-order valence-electron chi connectivity index (χ2n) is 3.77. The largest absolute Gasteiger partial charge is 0.487 e. The number of nitrogens with zero attached hydrogens (tertiary/aromatic N) is 2. The molecule has 0 fully saturated rings. The first-order valence-electron chi connectivity index (χ1n) is 5.34. The minimum atomic E-state index is -0.470. The van der Waals surface area contributed by atoms with Crippen molar-refractivity contribution in [3.8, 4) is 5.75 Å². The average Bonchev–Trinajstić information content (AvgIpc) is 2.37. The van der Waals surface area contributed by atoms with Crippen molar-refractivity contribution in [3.63, 3.8) is 0 Å². The first-order chi connectivity index (χ1) is 9.47. The van der Waals surface area contributed by atoms with Gasteiger partial charge in [-0.05, 0) is 49.6 Å². The second kappa shape index (κ2) is 6.51. The summed E-state index contributed by atoms with van der Waals surface area (Å²) >= 11 is 12.3. The summed E-state index contributed by atoms with van der Waals surface area (Å²) in [6, 6.07) is 6.24. The van der Waals surface area contributed by atoms with Crippen LogP contribution in [0, 0.1) is 10.1 Å². The molecule has 0 radical (unpaired) electrons. The van der Waals surface area contributed by atoms with Crippen molar-refractivity contribution in [2.75, 3.05) is 0 Å². The molecule has 2 rings (SSSR count). The fourth-order valence-corrected chi connectivity index (χ4v) is 3.07. The molecule has 0 N–H and O–H groups in total. The van der Waals surface area contributed by atoms with E-state index >= 15 is 0 Å². The lowest BCUT2D eigenvalue weighted by Gasteiger charge is -2.10. The van der Waals surface area contributed by atoms with Crippen molar-refractivity contribution in [3.05, 3.63) is 60.2 Å². The van der Waals surface area contributed by atoms with E-state index in [9.17, 15) is 10.1 Å². The van der Waals surface area contributed by atoms with Crippen LogP contribution in [-0.4, -0.2) is 9.91 Å². The molecule has 8 heteroatoms. The van der Waals surface area contributed by atoms with Crippen LogP contribution in [0.2, 0.25) is 5.15 Å². The maximum Gasteiger partial charge on any atom is 0.271 e. The smallest absolute Gasteiger partial charge is 0.271 e. The molecule has 0 bridgehead atoms. The first kappa shape index (κ1) is 15.2. The molecule has 0 unspecified atom stereocenters. The number of benzene rings is 1. The maximum atomic E-state index is 10.7. The Hall–Kier alpha value is -1.18. The molecule has 0 aliphatic heterocycles. The lowest BCUT2D eigenvalue weighted by Crippen LogP contribution is -1.98. The summed E-state index contributed by atoms with van der Waals surface area (Å²) in [6.45, 7) is 0.275. The molecular formula is C12H7Br2ClN2O3. The lowest BCUT2D eigenvalue weighted by atomic mass is 10.3. The van der Waals surface area contributed by atoms with Gasteiger partial charge in [-0.2, -0.15) is 0 Å². The van der Waals surface area contributed by atoms with Crippen molar-refractivity contribution in [2.24, 2.45) is 0 Å². The summed E-state index contributed by atoms with van der Waals surface area (Å²) < 4.78 is 6.64. The molecule has 0 atom stereocenters. The predicted molar refractivity (Wildman–Crippen MR) is 82.1 cm³/mol. The van der Waals surface area contributed by atoms with Gasteiger partial charge < -0.3 is 4.74 Å². The fraction of sp³-hybridized carbons (Fsp3) is 0.0833. The third kappa shape index (κ3) is 3.68. The molecule has 5 nitrogen and oxygen atoms in total. The SMILES string of the molecule is O=[N+]([O-])c1cc(Br)c(OCc2ccnc(Cl)c2)c(Br)c1. The van der Waals surface area contributed by atoms with Crippen LogP contribution < -0.4 is 4.74 Å². The van der Waals surface area contributed by atoms with Crippen LogP contribution in [0.5, 0.6) is 5.75 Å². The molecule has 0 saturated heterocycles. The van der Waals surface area contributed by atoms with Crippen LogP contribution in [0.1, 0.15) is 5.56 Å². The Morgan fingerprint density at radius 3 is 2.50 bits per heavy atom. The van der Waals surface area contributed by atoms with Crippen molar-refractivity contribution >= 4 is 49.1 Å². The zero-order chi connectivity index (χ0) is 14.7. The summed E-state index contributed by atoms with van der Waals surface area (Å²) in [7, 11) is 0. The molecule has 0 aliphatic rings. The number of hydrogen-bond donors (Lipinski definition) is 0. The molecule has 2 aromatic rings. The van der Waals surface area contributed by atoms with E-state index in [1.165, 1.54) is 12.1 Å². The van der Waals surface area contributed by atoms with Gasteiger partial charge in [-0.1, -0.05) is 11.6 Å². The van der Waals surface area contributed by atoms with Gasteiger partial charge in [0, 0.05) is 18.3 Å². The zero-order valence-corrected chi connectivity index (χ0v) is 13.8. The standard InChI is InChI=1S/C12H7Br2ClN2O3/c13-9-4-8(17(18)19)5-10(14)12(9)20-6-7-1-2-16-11(15)3-7/h1-5H,6H2. The van der Waals surface area contributed by atoms with Crippen LogP contribution in [0.15, 0.2) is 39.4 Å². The third-order valence-electron chi connectivity index (χ3n) is 2.37. The van der Waals surface area contributed by atoms with Crippen LogP contribution in [0.4, 0.5) is 5.69 Å². The Bertz CT molecular complexity index is 644. The van der Waals surface area contributed by atoms with E-state index in [4.69, 9.17) is 16.3 Å². The van der Waals surface area contributed by atoms with Crippen LogP contribution in [-0.2, 0) is 6.61 Å². The van der Waals surface area contributed by atoms with Gasteiger partial charge in [0.25, 0.3) is 5.69 Å². The highest BCUT2D eigenvalue weighted by Gasteiger charge is 2.15. The summed E-state index contributed by atoms with van der Waals surface area (Å²) in [5, 5.41) is 11.1. The van der Waals surface area contributed by atoms with Gasteiger partial charge in [-0.25, -0.2) is 4.98 Å². The van der Waals surface area contributed by atoms with E-state index < -0.39 is 4.92 Å². The van der Waals surface area contributed by atoms with E-state index in [0.29, 0.717) is 19.8 Å². The van der Waals surface area contributed by atoms with Gasteiger partial charge in [0.05, 0.1) is 13.9 Å². The number of halogens is 3. The lowest BCUT2D eigenvalue weighted by molar-refractivity contribution is -0.385. The third-order valence-corrected chi connectivity index (χ3v) is 3.75. The van der Waals surface area contributed by atoms with Gasteiger partial charge in [0.1, 0.15) is 17.5 Å². The Morgan fingerprint density at radius 2 is 1.95 bits per heavy atom. The molecule has 1 heterocycles. The Balaban J connectivity index is 2.20. The van der Waals surface area contributed by atoms with Crippen LogP contribution in [0.25, 0.3) is 0 Å². The predicted octanol–water partition coefficient (Wildman–Crippen LogP) is 4.75. The van der Waals surface area contributed by atoms with E-state index in [0.717, 1.165) is 5.56 Å². The average molecular weight is 422 g/mol. The van der Waals surface area contributed by atoms with E-state index in [-0.39, 0.29) is 12.3 Å². The van der Waals surface area contributed by atoms with Gasteiger partial charge in [0.15, 0.2) is 0 Å². The minimum absolute atomic E-state index is 0.0249. The van der Waals surface area contributed by atoms with Gasteiger partial charge >= 0.3 is 0 Å². The molecule has 0 spiro atoms. The molecule has 1 aromatic carbocycles. The molecule has 104 valence electrons. The second-order valence-corrected chi connectivity index (χ2v) is 5.87. The van der Waals surface area contributed by atoms with E-state index in [2.05, 4.69) is 36.8 Å². The van der Waals surface area contributed by atoms with Crippen LogP contribution >= 0.6 is 43.5 Å². The van der Waals surface area contributed by atoms with Crippen LogP contribution in [0.3, 0.4) is 0 Å². The summed E-state index contributed by atoms with van der Waals surface area (Å²) in [6.07, 6.45) is 1.58. The monoisotopic (exact) mass is 420 g/mol. The highest BCUT2D eigenvalue weighted by molar-refractivity contribution is 9.11. The topological polar surface area (TPSA) is 65.3 Å². The molecule has 1 aromatic heterocycles. The number of nitro benzene ring substituents is 1. The quantitative estimate of drug-likeness (QED) is 0.405. The number of non-ortho nitro benzene ring substituents is 1. The van der Waals surface area contributed by atoms with Crippen molar-refractivity contribution in [1.82, 2.24) is 4.98 Å². The van der Waals surface area contributed by atoms with Crippen molar-refractivity contribution in [1.29, 1.82) is 0 Å². The number of aromatic nitrogens is 1. The van der Waals surface area contributed by atoms with E-state index in [1.54, 1.807) is 18.3 Å². The highest BCUT2D eigenvalue weighted by Crippen LogP contribution is 2.37. The Morgan fingerprint density at radius 1 is 1.30 bits per heavy atom.